The van der Waals surface area contributed by atoms with E-state index in [9.17, 15) is 13.2 Å². The van der Waals surface area contributed by atoms with E-state index in [1.807, 2.05) is 0 Å². The molecule has 0 saturated carbocycles. The molecule has 0 aliphatic carbocycles. The van der Waals surface area contributed by atoms with Crippen LogP contribution in [0.25, 0.3) is 0 Å². The molecule has 0 bridgehead atoms. The first-order valence-electron chi connectivity index (χ1n) is 6.57. The Morgan fingerprint density at radius 2 is 1.61 bits per heavy atom. The number of rotatable bonds is 6. The summed E-state index contributed by atoms with van der Waals surface area (Å²) in [5, 5.41) is 2.53. The lowest BCUT2D eigenvalue weighted by Crippen LogP contribution is -2.14. The number of methoxy groups -OCH3 is 1. The summed E-state index contributed by atoms with van der Waals surface area (Å²) in [6, 6.07) is 12.3. The van der Waals surface area contributed by atoms with Crippen molar-refractivity contribution in [2.24, 2.45) is 0 Å². The maximum atomic E-state index is 12.3. The van der Waals surface area contributed by atoms with Gasteiger partial charge >= 0.3 is 0 Å². The van der Waals surface area contributed by atoms with Crippen molar-refractivity contribution < 1.29 is 17.9 Å². The van der Waals surface area contributed by atoms with E-state index in [1.54, 1.807) is 24.3 Å². The molecule has 2 N–H and O–H groups in total. The molecule has 23 heavy (non-hydrogen) atoms. The number of carbonyl (C=O) groups excluding carboxylic acids is 1. The predicted molar refractivity (Wildman–Crippen MR) is 89.6 cm³/mol. The van der Waals surface area contributed by atoms with E-state index in [0.29, 0.717) is 17.1 Å². The molecule has 0 aromatic heterocycles. The molecule has 2 aromatic carbocycles. The zero-order valence-electron chi connectivity index (χ0n) is 12.2. The third-order valence-electron chi connectivity index (χ3n) is 2.91. The van der Waals surface area contributed by atoms with Crippen LogP contribution in [0.3, 0.4) is 0 Å². The number of ether oxygens (including phenoxy) is 1. The molecule has 0 atom stereocenters. The van der Waals surface area contributed by atoms with Crippen molar-refractivity contribution in [3.05, 3.63) is 48.5 Å². The molecule has 0 radical (unpaired) electrons. The number of halogens is 1. The third-order valence-corrected chi connectivity index (χ3v) is 4.55. The second-order valence-corrected chi connectivity index (χ2v) is 6.49. The van der Waals surface area contributed by atoms with Crippen LogP contribution in [0.15, 0.2) is 53.4 Å². The Morgan fingerprint density at radius 1 is 1.04 bits per heavy atom. The molecule has 0 fully saturated rings. The van der Waals surface area contributed by atoms with E-state index in [1.165, 1.54) is 31.4 Å². The van der Waals surface area contributed by atoms with E-state index in [4.69, 9.17) is 16.3 Å². The number of hydrogen-bond donors (Lipinski definition) is 2. The number of benzene rings is 2. The molecule has 0 aliphatic heterocycles. The van der Waals surface area contributed by atoms with E-state index in [2.05, 4.69) is 10.0 Å². The Bertz CT molecular complexity index is 774. The zero-order chi connectivity index (χ0) is 16.9. The molecule has 8 heteroatoms. The van der Waals surface area contributed by atoms with Crippen molar-refractivity contribution in [3.8, 4) is 5.75 Å². The van der Waals surface area contributed by atoms with E-state index < -0.39 is 10.0 Å². The van der Waals surface area contributed by atoms with Gasteiger partial charge in [0, 0.05) is 11.4 Å². The summed E-state index contributed by atoms with van der Waals surface area (Å²) in [6.45, 7) is 0. The standard InChI is InChI=1S/C15H15ClN2O4S/c1-22-13-6-2-12(3-7-13)18-23(20,21)14-8-4-11(5-9-14)17-15(19)10-16/h2-9,18H,10H2,1H3,(H,17,19). The highest BCUT2D eigenvalue weighted by atomic mass is 35.5. The van der Waals surface area contributed by atoms with Crippen LogP contribution < -0.4 is 14.8 Å². The topological polar surface area (TPSA) is 84.5 Å². The van der Waals surface area contributed by atoms with Crippen LogP contribution in [-0.2, 0) is 14.8 Å². The van der Waals surface area contributed by atoms with Crippen LogP contribution in [0.4, 0.5) is 11.4 Å². The summed E-state index contributed by atoms with van der Waals surface area (Å²) in [6.07, 6.45) is 0. The number of anilines is 2. The molecule has 122 valence electrons. The first-order valence-corrected chi connectivity index (χ1v) is 8.59. The number of carbonyl (C=O) groups is 1. The van der Waals surface area contributed by atoms with Crippen LogP contribution >= 0.6 is 11.6 Å². The van der Waals surface area contributed by atoms with Crippen LogP contribution in [0.2, 0.25) is 0 Å². The van der Waals surface area contributed by atoms with Gasteiger partial charge in [-0.1, -0.05) is 0 Å². The minimum atomic E-state index is -3.71. The van der Waals surface area contributed by atoms with Crippen molar-refractivity contribution in [2.45, 2.75) is 4.90 Å². The summed E-state index contributed by atoms with van der Waals surface area (Å²) in [5.41, 5.74) is 0.893. The Hall–Kier alpha value is -2.25. The average molecular weight is 355 g/mol. The van der Waals surface area contributed by atoms with Crippen molar-refractivity contribution in [2.75, 3.05) is 23.0 Å². The summed E-state index contributed by atoms with van der Waals surface area (Å²) in [5.74, 6) is 0.102. The fourth-order valence-corrected chi connectivity index (χ4v) is 2.91. The zero-order valence-corrected chi connectivity index (χ0v) is 13.8. The molecular weight excluding hydrogens is 340 g/mol. The number of alkyl halides is 1. The maximum Gasteiger partial charge on any atom is 0.261 e. The highest BCUT2D eigenvalue weighted by molar-refractivity contribution is 7.92. The highest BCUT2D eigenvalue weighted by Gasteiger charge is 2.14. The maximum absolute atomic E-state index is 12.3. The SMILES string of the molecule is COc1ccc(NS(=O)(=O)c2ccc(NC(=O)CCl)cc2)cc1. The van der Waals surface area contributed by atoms with Gasteiger partial charge in [0.05, 0.1) is 12.0 Å². The second kappa shape index (κ2) is 7.34. The lowest BCUT2D eigenvalue weighted by atomic mass is 10.3. The van der Waals surface area contributed by atoms with Gasteiger partial charge in [0.15, 0.2) is 0 Å². The average Bonchev–Trinajstić information content (AvgIpc) is 2.55. The minimum absolute atomic E-state index is 0.0807. The van der Waals surface area contributed by atoms with Gasteiger partial charge in [0.1, 0.15) is 11.6 Å². The van der Waals surface area contributed by atoms with Gasteiger partial charge in [-0.15, -0.1) is 11.6 Å². The largest absolute Gasteiger partial charge is 0.497 e. The molecule has 0 spiro atoms. The summed E-state index contributed by atoms with van der Waals surface area (Å²) >= 11 is 5.39. The number of amides is 1. The Balaban J connectivity index is 2.13. The Kier molecular flexibility index (Phi) is 5.46. The van der Waals surface area contributed by atoms with Gasteiger partial charge in [0.25, 0.3) is 10.0 Å². The minimum Gasteiger partial charge on any atom is -0.497 e. The third kappa shape index (κ3) is 4.61. The van der Waals surface area contributed by atoms with Gasteiger partial charge in [-0.25, -0.2) is 8.42 Å². The Morgan fingerprint density at radius 3 is 2.13 bits per heavy atom. The van der Waals surface area contributed by atoms with Gasteiger partial charge in [-0.3, -0.25) is 9.52 Å². The molecule has 1 amide bonds. The lowest BCUT2D eigenvalue weighted by Gasteiger charge is -2.09. The number of nitrogens with one attached hydrogen (secondary N) is 2. The smallest absolute Gasteiger partial charge is 0.261 e. The van der Waals surface area contributed by atoms with Crippen molar-refractivity contribution in [1.29, 1.82) is 0 Å². The monoisotopic (exact) mass is 354 g/mol. The quantitative estimate of drug-likeness (QED) is 0.781. The second-order valence-electron chi connectivity index (χ2n) is 4.54. The molecule has 6 nitrogen and oxygen atoms in total. The van der Waals surface area contributed by atoms with Crippen molar-refractivity contribution in [3.63, 3.8) is 0 Å². The molecular formula is C15H15ClN2O4S. The van der Waals surface area contributed by atoms with Crippen LogP contribution in [0.5, 0.6) is 5.75 Å². The van der Waals surface area contributed by atoms with E-state index >= 15 is 0 Å². The van der Waals surface area contributed by atoms with Crippen molar-refractivity contribution >= 4 is 38.9 Å². The number of hydrogen-bond acceptors (Lipinski definition) is 4. The summed E-state index contributed by atoms with van der Waals surface area (Å²) in [4.78, 5) is 11.3. The fraction of sp³-hybridized carbons (Fsp3) is 0.133. The van der Waals surface area contributed by atoms with Gasteiger partial charge in [-0.05, 0) is 48.5 Å². The van der Waals surface area contributed by atoms with Crippen LogP contribution in [-0.4, -0.2) is 27.3 Å². The lowest BCUT2D eigenvalue weighted by molar-refractivity contribution is -0.113. The first kappa shape index (κ1) is 17.1. The summed E-state index contributed by atoms with van der Waals surface area (Å²) in [7, 11) is -2.18. The van der Waals surface area contributed by atoms with E-state index in [0.717, 1.165) is 0 Å². The molecule has 0 unspecified atom stereocenters. The molecule has 2 aromatic rings. The van der Waals surface area contributed by atoms with E-state index in [-0.39, 0.29) is 16.7 Å². The fourth-order valence-electron chi connectivity index (χ4n) is 1.78. The first-order chi connectivity index (χ1) is 10.9. The molecule has 0 saturated heterocycles. The molecule has 0 aliphatic rings. The van der Waals surface area contributed by atoms with Crippen LogP contribution in [0.1, 0.15) is 0 Å². The Labute approximate surface area is 139 Å². The molecule has 0 heterocycles. The van der Waals surface area contributed by atoms with Crippen LogP contribution in [0, 0.1) is 0 Å². The molecule has 2 rings (SSSR count). The van der Waals surface area contributed by atoms with Gasteiger partial charge in [0.2, 0.25) is 5.91 Å². The predicted octanol–water partition coefficient (Wildman–Crippen LogP) is 2.67. The van der Waals surface area contributed by atoms with Crippen molar-refractivity contribution in [1.82, 2.24) is 0 Å². The normalized spacial score (nSPS) is 10.9. The summed E-state index contributed by atoms with van der Waals surface area (Å²) < 4.78 is 32.1. The van der Waals surface area contributed by atoms with Gasteiger partial charge in [-0.2, -0.15) is 0 Å². The van der Waals surface area contributed by atoms with Gasteiger partial charge < -0.3 is 10.1 Å². The number of sulfonamides is 1. The highest BCUT2D eigenvalue weighted by Crippen LogP contribution is 2.20.